The van der Waals surface area contributed by atoms with Crippen molar-refractivity contribution in [3.05, 3.63) is 33.8 Å². The molecule has 0 aliphatic carbocycles. The number of methoxy groups -OCH3 is 1. The van der Waals surface area contributed by atoms with E-state index in [1.165, 1.54) is 19.4 Å². The zero-order valence-electron chi connectivity index (χ0n) is 9.75. The summed E-state index contributed by atoms with van der Waals surface area (Å²) in [6.07, 6.45) is 1.89. The lowest BCUT2D eigenvalue weighted by molar-refractivity contribution is 0.0601. The first kappa shape index (κ1) is 13.4. The first-order valence-electron chi connectivity index (χ1n) is 5.02. The minimum atomic E-state index is -0.558. The van der Waals surface area contributed by atoms with Crippen molar-refractivity contribution in [2.45, 2.75) is 6.42 Å². The SMILES string of the molecule is COC(=O)c1cc(C#CCCN=[N+]=[N-])cnc1N. The highest BCUT2D eigenvalue weighted by Crippen LogP contribution is 2.11. The second-order valence-corrected chi connectivity index (χ2v) is 3.15. The van der Waals surface area contributed by atoms with Crippen molar-refractivity contribution >= 4 is 11.8 Å². The number of hydrogen-bond acceptors (Lipinski definition) is 5. The van der Waals surface area contributed by atoms with Gasteiger partial charge in [0.25, 0.3) is 0 Å². The smallest absolute Gasteiger partial charge is 0.341 e. The van der Waals surface area contributed by atoms with E-state index in [0.29, 0.717) is 18.5 Å². The molecule has 7 heteroatoms. The largest absolute Gasteiger partial charge is 0.465 e. The number of aromatic nitrogens is 1. The summed E-state index contributed by atoms with van der Waals surface area (Å²) in [5.74, 6) is 5.12. The molecular weight excluding hydrogens is 234 g/mol. The van der Waals surface area contributed by atoms with Crippen molar-refractivity contribution in [2.75, 3.05) is 19.4 Å². The second kappa shape index (κ2) is 6.78. The summed E-state index contributed by atoms with van der Waals surface area (Å²) in [6.45, 7) is 0.301. The summed E-state index contributed by atoms with van der Waals surface area (Å²) in [6, 6.07) is 1.51. The average Bonchev–Trinajstić information content (AvgIpc) is 2.39. The highest BCUT2D eigenvalue weighted by Gasteiger charge is 2.10. The lowest BCUT2D eigenvalue weighted by Gasteiger charge is -2.02. The number of pyridine rings is 1. The molecule has 0 aliphatic rings. The predicted molar refractivity (Wildman–Crippen MR) is 65.5 cm³/mol. The third-order valence-corrected chi connectivity index (χ3v) is 1.96. The van der Waals surface area contributed by atoms with Crippen molar-refractivity contribution < 1.29 is 9.53 Å². The minimum absolute atomic E-state index is 0.0986. The summed E-state index contributed by atoms with van der Waals surface area (Å²) >= 11 is 0. The van der Waals surface area contributed by atoms with Gasteiger partial charge < -0.3 is 10.5 Å². The Balaban J connectivity index is 2.84. The fraction of sp³-hybridized carbons (Fsp3) is 0.273. The van der Waals surface area contributed by atoms with Gasteiger partial charge in [-0.1, -0.05) is 17.0 Å². The Labute approximate surface area is 104 Å². The number of carbonyl (C=O) groups excluding carboxylic acids is 1. The summed E-state index contributed by atoms with van der Waals surface area (Å²) in [4.78, 5) is 17.8. The number of carbonyl (C=O) groups is 1. The zero-order valence-corrected chi connectivity index (χ0v) is 9.75. The van der Waals surface area contributed by atoms with Crippen LogP contribution in [0.2, 0.25) is 0 Å². The van der Waals surface area contributed by atoms with E-state index in [-0.39, 0.29) is 11.4 Å². The van der Waals surface area contributed by atoms with Crippen molar-refractivity contribution in [1.29, 1.82) is 0 Å². The van der Waals surface area contributed by atoms with E-state index in [1.54, 1.807) is 0 Å². The van der Waals surface area contributed by atoms with Crippen LogP contribution in [-0.2, 0) is 4.74 Å². The molecule has 0 spiro atoms. The van der Waals surface area contributed by atoms with Crippen LogP contribution >= 0.6 is 0 Å². The van der Waals surface area contributed by atoms with Gasteiger partial charge in [0.15, 0.2) is 0 Å². The highest BCUT2D eigenvalue weighted by atomic mass is 16.5. The van der Waals surface area contributed by atoms with Gasteiger partial charge in [0.2, 0.25) is 0 Å². The summed E-state index contributed by atoms with van der Waals surface area (Å²) in [5.41, 5.74) is 14.3. The molecule has 1 aromatic rings. The lowest BCUT2D eigenvalue weighted by Crippen LogP contribution is -2.07. The number of azide groups is 1. The monoisotopic (exact) mass is 245 g/mol. The van der Waals surface area contributed by atoms with E-state index in [4.69, 9.17) is 11.3 Å². The van der Waals surface area contributed by atoms with Gasteiger partial charge in [-0.3, -0.25) is 0 Å². The summed E-state index contributed by atoms with van der Waals surface area (Å²) < 4.78 is 4.57. The molecule has 0 radical (unpaired) electrons. The molecule has 1 heterocycles. The van der Waals surface area contributed by atoms with Crippen molar-refractivity contribution in [2.24, 2.45) is 5.11 Å². The topological polar surface area (TPSA) is 114 Å². The Morgan fingerprint density at radius 2 is 2.50 bits per heavy atom. The third kappa shape index (κ3) is 3.70. The molecule has 1 aromatic heterocycles. The quantitative estimate of drug-likeness (QED) is 0.217. The van der Waals surface area contributed by atoms with Gasteiger partial charge >= 0.3 is 5.97 Å². The molecule has 0 fully saturated rings. The molecule has 0 unspecified atom stereocenters. The van der Waals surface area contributed by atoms with Gasteiger partial charge in [-0.15, -0.1) is 0 Å². The van der Waals surface area contributed by atoms with Crippen molar-refractivity contribution in [3.8, 4) is 11.8 Å². The van der Waals surface area contributed by atoms with Gasteiger partial charge in [0.1, 0.15) is 11.4 Å². The van der Waals surface area contributed by atoms with Crippen molar-refractivity contribution in [1.82, 2.24) is 4.98 Å². The number of hydrogen-bond donors (Lipinski definition) is 1. The molecule has 0 saturated heterocycles. The summed E-state index contributed by atoms with van der Waals surface area (Å²) in [5, 5.41) is 3.34. The van der Waals surface area contributed by atoms with Crippen LogP contribution in [0.25, 0.3) is 10.4 Å². The molecule has 0 aromatic carbocycles. The second-order valence-electron chi connectivity index (χ2n) is 3.15. The van der Waals surface area contributed by atoms with Crippen LogP contribution in [0, 0.1) is 11.8 Å². The molecule has 0 amide bonds. The van der Waals surface area contributed by atoms with Gasteiger partial charge in [0.05, 0.1) is 7.11 Å². The fourth-order valence-corrected chi connectivity index (χ4v) is 1.13. The number of nitrogens with zero attached hydrogens (tertiary/aromatic N) is 4. The van der Waals surface area contributed by atoms with Gasteiger partial charge in [0, 0.05) is 29.6 Å². The van der Waals surface area contributed by atoms with Crippen LogP contribution in [0.3, 0.4) is 0 Å². The highest BCUT2D eigenvalue weighted by molar-refractivity contribution is 5.94. The van der Waals surface area contributed by atoms with E-state index < -0.39 is 5.97 Å². The molecule has 0 aliphatic heterocycles. The average molecular weight is 245 g/mol. The number of nitrogen functional groups attached to an aromatic ring is 1. The Morgan fingerprint density at radius 1 is 1.72 bits per heavy atom. The van der Waals surface area contributed by atoms with Crippen molar-refractivity contribution in [3.63, 3.8) is 0 Å². The van der Waals surface area contributed by atoms with E-state index in [2.05, 4.69) is 31.6 Å². The first-order valence-corrected chi connectivity index (χ1v) is 5.02. The maximum absolute atomic E-state index is 11.4. The van der Waals surface area contributed by atoms with E-state index in [9.17, 15) is 4.79 Å². The van der Waals surface area contributed by atoms with Crippen LogP contribution in [-0.4, -0.2) is 24.6 Å². The molecule has 1 rings (SSSR count). The van der Waals surface area contributed by atoms with Crippen LogP contribution in [0.5, 0.6) is 0 Å². The predicted octanol–water partition coefficient (Wildman–Crippen LogP) is 1.50. The Hall–Kier alpha value is -2.71. The number of ether oxygens (including phenoxy) is 1. The number of anilines is 1. The standard InChI is InChI=1S/C11H11N5O2/c1-18-11(17)9-6-8(7-14-10(9)12)4-2-3-5-15-16-13/h6-7H,3,5H2,1H3,(H2,12,14). The van der Waals surface area contributed by atoms with Crippen LogP contribution in [0.1, 0.15) is 22.3 Å². The van der Waals surface area contributed by atoms with Gasteiger partial charge in [-0.05, 0) is 11.6 Å². The number of nitrogens with two attached hydrogens (primary N) is 1. The Kier molecular flexibility index (Phi) is 5.03. The van der Waals surface area contributed by atoms with Crippen LogP contribution in [0.15, 0.2) is 17.4 Å². The van der Waals surface area contributed by atoms with Gasteiger partial charge in [-0.2, -0.15) is 0 Å². The Bertz CT molecular complexity index is 552. The first-order chi connectivity index (χ1) is 8.69. The lowest BCUT2D eigenvalue weighted by atomic mass is 10.2. The van der Waals surface area contributed by atoms with E-state index in [1.807, 2.05) is 0 Å². The normalized spacial score (nSPS) is 8.72. The van der Waals surface area contributed by atoms with Crippen LogP contribution in [0.4, 0.5) is 5.82 Å². The maximum Gasteiger partial charge on any atom is 0.341 e. The molecule has 92 valence electrons. The molecule has 0 atom stereocenters. The number of rotatable bonds is 3. The third-order valence-electron chi connectivity index (χ3n) is 1.96. The number of esters is 1. The molecule has 2 N–H and O–H groups in total. The van der Waals surface area contributed by atoms with E-state index >= 15 is 0 Å². The molecule has 0 saturated carbocycles. The van der Waals surface area contributed by atoms with Crippen LogP contribution < -0.4 is 5.73 Å². The van der Waals surface area contributed by atoms with E-state index in [0.717, 1.165) is 0 Å². The molecule has 7 nitrogen and oxygen atoms in total. The summed E-state index contributed by atoms with van der Waals surface area (Å²) in [7, 11) is 1.26. The minimum Gasteiger partial charge on any atom is -0.465 e. The maximum atomic E-state index is 11.4. The molecular formula is C11H11N5O2. The zero-order chi connectivity index (χ0) is 13.4. The molecule has 18 heavy (non-hydrogen) atoms. The molecule has 0 bridgehead atoms. The Morgan fingerprint density at radius 3 is 3.17 bits per heavy atom. The van der Waals surface area contributed by atoms with Gasteiger partial charge in [-0.25, -0.2) is 9.78 Å². The fourth-order valence-electron chi connectivity index (χ4n) is 1.13.